The van der Waals surface area contributed by atoms with Gasteiger partial charge in [-0.2, -0.15) is 0 Å². The molecule has 1 saturated heterocycles. The smallest absolute Gasteiger partial charge is 0.244 e. The first kappa shape index (κ1) is 12.5. The Morgan fingerprint density at radius 2 is 2.32 bits per heavy atom. The summed E-state index contributed by atoms with van der Waals surface area (Å²) in [6.07, 6.45) is 4.78. The molecule has 0 radical (unpaired) electrons. The summed E-state index contributed by atoms with van der Waals surface area (Å²) in [5.41, 5.74) is -0.700. The topological polar surface area (TPSA) is 84.1 Å². The summed E-state index contributed by atoms with van der Waals surface area (Å²) in [5.74, 6) is 0.457. The van der Waals surface area contributed by atoms with Gasteiger partial charge in [0.2, 0.25) is 5.91 Å². The number of tetrazole rings is 1. The third kappa shape index (κ3) is 2.11. The van der Waals surface area contributed by atoms with E-state index in [4.69, 9.17) is 0 Å². The minimum Gasteiger partial charge on any atom is -0.387 e. The lowest BCUT2D eigenvalue weighted by atomic mass is 9.69. The van der Waals surface area contributed by atoms with E-state index in [-0.39, 0.29) is 18.4 Å². The van der Waals surface area contributed by atoms with E-state index in [1.807, 2.05) is 6.92 Å². The molecule has 1 aromatic rings. The van der Waals surface area contributed by atoms with Crippen LogP contribution in [0.1, 0.15) is 26.2 Å². The van der Waals surface area contributed by atoms with Crippen molar-refractivity contribution in [2.75, 3.05) is 13.1 Å². The number of hydrogen-bond donors (Lipinski definition) is 1. The van der Waals surface area contributed by atoms with E-state index in [9.17, 15) is 9.90 Å². The van der Waals surface area contributed by atoms with Crippen molar-refractivity contribution in [1.82, 2.24) is 25.1 Å². The summed E-state index contributed by atoms with van der Waals surface area (Å²) < 4.78 is 1.41. The molecule has 2 heterocycles. The molecule has 7 nitrogen and oxygen atoms in total. The Hall–Kier alpha value is -1.50. The van der Waals surface area contributed by atoms with Crippen molar-refractivity contribution < 1.29 is 9.90 Å². The monoisotopic (exact) mass is 265 g/mol. The third-order valence-corrected chi connectivity index (χ3v) is 4.65. The highest BCUT2D eigenvalue weighted by Crippen LogP contribution is 2.44. The van der Waals surface area contributed by atoms with Gasteiger partial charge >= 0.3 is 0 Å². The molecule has 1 amide bonds. The molecule has 0 unspecified atom stereocenters. The van der Waals surface area contributed by atoms with E-state index >= 15 is 0 Å². The Bertz CT molecular complexity index is 459. The van der Waals surface area contributed by atoms with Crippen LogP contribution in [0.2, 0.25) is 0 Å². The summed E-state index contributed by atoms with van der Waals surface area (Å²) in [5, 5.41) is 21.5. The van der Waals surface area contributed by atoms with Gasteiger partial charge in [0.1, 0.15) is 12.9 Å². The lowest BCUT2D eigenvalue weighted by Gasteiger charge is -2.41. The van der Waals surface area contributed by atoms with Crippen LogP contribution in [0.15, 0.2) is 6.33 Å². The molecule has 1 N–H and O–H groups in total. The van der Waals surface area contributed by atoms with Gasteiger partial charge in [-0.05, 0) is 29.2 Å². The number of likely N-dealkylation sites (tertiary alicyclic amines) is 1. The molecule has 1 saturated carbocycles. The van der Waals surface area contributed by atoms with Crippen molar-refractivity contribution in [2.24, 2.45) is 11.8 Å². The molecule has 0 spiro atoms. The van der Waals surface area contributed by atoms with Gasteiger partial charge in [-0.15, -0.1) is 5.10 Å². The lowest BCUT2D eigenvalue weighted by molar-refractivity contribution is -0.133. The van der Waals surface area contributed by atoms with Crippen LogP contribution in [0.3, 0.4) is 0 Å². The molecule has 2 aliphatic rings. The number of hydrogen-bond acceptors (Lipinski definition) is 5. The summed E-state index contributed by atoms with van der Waals surface area (Å²) in [7, 11) is 0. The predicted molar refractivity (Wildman–Crippen MR) is 65.9 cm³/mol. The van der Waals surface area contributed by atoms with E-state index in [1.54, 1.807) is 4.90 Å². The molecule has 7 heteroatoms. The number of aliphatic hydroxyl groups is 1. The molecular formula is C12H19N5O2. The Balaban J connectivity index is 1.65. The minimum absolute atomic E-state index is 0.0330. The van der Waals surface area contributed by atoms with Crippen molar-refractivity contribution in [3.8, 4) is 0 Å². The first-order valence-corrected chi connectivity index (χ1v) is 6.80. The molecule has 3 rings (SSSR count). The van der Waals surface area contributed by atoms with Crippen LogP contribution in [0.25, 0.3) is 0 Å². The highest BCUT2D eigenvalue weighted by atomic mass is 16.3. The molecule has 1 aliphatic carbocycles. The standard InChI is InChI=1S/C12H19N5O2/c1-9-5-16(7-12(9,19)10-3-2-4-10)11(18)6-17-8-13-14-15-17/h8-10,19H,2-7H2,1H3/t9-,12+/m1/s1. The number of nitrogens with zero attached hydrogens (tertiary/aromatic N) is 5. The van der Waals surface area contributed by atoms with Crippen LogP contribution in [-0.4, -0.2) is 54.8 Å². The largest absolute Gasteiger partial charge is 0.387 e. The van der Waals surface area contributed by atoms with Gasteiger partial charge < -0.3 is 10.0 Å². The first-order valence-electron chi connectivity index (χ1n) is 6.80. The van der Waals surface area contributed by atoms with Crippen molar-refractivity contribution >= 4 is 5.91 Å². The highest BCUT2D eigenvalue weighted by molar-refractivity contribution is 5.76. The fraction of sp³-hybridized carbons (Fsp3) is 0.833. The molecule has 1 aliphatic heterocycles. The molecule has 2 atom stereocenters. The zero-order chi connectivity index (χ0) is 13.5. The SMILES string of the molecule is C[C@@H]1CN(C(=O)Cn2cnnn2)C[C@@]1(O)C1CCC1. The second kappa shape index (κ2) is 4.56. The second-order valence-corrected chi connectivity index (χ2v) is 5.80. The molecule has 19 heavy (non-hydrogen) atoms. The van der Waals surface area contributed by atoms with Crippen LogP contribution < -0.4 is 0 Å². The molecule has 1 aromatic heterocycles. The number of carbonyl (C=O) groups is 1. The van der Waals surface area contributed by atoms with Gasteiger partial charge in [-0.25, -0.2) is 4.68 Å². The summed E-state index contributed by atoms with van der Waals surface area (Å²) in [6.45, 7) is 3.23. The van der Waals surface area contributed by atoms with Gasteiger partial charge in [0, 0.05) is 12.5 Å². The van der Waals surface area contributed by atoms with Gasteiger partial charge in [0.25, 0.3) is 0 Å². The summed E-state index contributed by atoms with van der Waals surface area (Å²) >= 11 is 0. The maximum atomic E-state index is 12.2. The maximum absolute atomic E-state index is 12.2. The summed E-state index contributed by atoms with van der Waals surface area (Å²) in [4.78, 5) is 13.9. The average molecular weight is 265 g/mol. The third-order valence-electron chi connectivity index (χ3n) is 4.65. The zero-order valence-electron chi connectivity index (χ0n) is 11.1. The van der Waals surface area contributed by atoms with E-state index in [2.05, 4.69) is 15.5 Å². The Morgan fingerprint density at radius 1 is 1.53 bits per heavy atom. The molecule has 0 aromatic carbocycles. The average Bonchev–Trinajstić information content (AvgIpc) is 2.86. The van der Waals surface area contributed by atoms with E-state index in [0.717, 1.165) is 12.8 Å². The van der Waals surface area contributed by atoms with Crippen molar-refractivity contribution in [3.05, 3.63) is 6.33 Å². The van der Waals surface area contributed by atoms with Crippen LogP contribution in [0.4, 0.5) is 0 Å². The number of aromatic nitrogens is 4. The number of β-amino-alcohol motifs (C(OH)–C–C–N with tert-alkyl or cyclic N) is 1. The molecule has 0 bridgehead atoms. The fourth-order valence-electron chi connectivity index (χ4n) is 3.14. The van der Waals surface area contributed by atoms with Crippen molar-refractivity contribution in [3.63, 3.8) is 0 Å². The predicted octanol–water partition coefficient (Wildman–Crippen LogP) is -0.317. The number of carbonyl (C=O) groups excluding carboxylic acids is 1. The van der Waals surface area contributed by atoms with Gasteiger partial charge in [-0.3, -0.25) is 4.79 Å². The van der Waals surface area contributed by atoms with Crippen LogP contribution in [0, 0.1) is 11.8 Å². The number of amides is 1. The molecule has 104 valence electrons. The van der Waals surface area contributed by atoms with Crippen molar-refractivity contribution in [1.29, 1.82) is 0 Å². The minimum atomic E-state index is -0.700. The maximum Gasteiger partial charge on any atom is 0.244 e. The van der Waals surface area contributed by atoms with Crippen LogP contribution in [0.5, 0.6) is 0 Å². The number of rotatable bonds is 3. The summed E-state index contributed by atoms with van der Waals surface area (Å²) in [6, 6.07) is 0. The van der Waals surface area contributed by atoms with E-state index in [0.29, 0.717) is 19.0 Å². The Labute approximate surface area is 111 Å². The van der Waals surface area contributed by atoms with Crippen molar-refractivity contribution in [2.45, 2.75) is 38.3 Å². The van der Waals surface area contributed by atoms with E-state index < -0.39 is 5.60 Å². The molecular weight excluding hydrogens is 246 g/mol. The normalized spacial score (nSPS) is 31.5. The Morgan fingerprint density at radius 3 is 2.89 bits per heavy atom. The van der Waals surface area contributed by atoms with Gasteiger partial charge in [0.15, 0.2) is 0 Å². The fourth-order valence-corrected chi connectivity index (χ4v) is 3.14. The second-order valence-electron chi connectivity index (χ2n) is 5.80. The molecule has 2 fully saturated rings. The lowest BCUT2D eigenvalue weighted by Crippen LogP contribution is -2.48. The van der Waals surface area contributed by atoms with Gasteiger partial charge in [0.05, 0.1) is 12.1 Å². The zero-order valence-corrected chi connectivity index (χ0v) is 11.1. The highest BCUT2D eigenvalue weighted by Gasteiger charge is 2.50. The quantitative estimate of drug-likeness (QED) is 0.810. The van der Waals surface area contributed by atoms with Crippen LogP contribution >= 0.6 is 0 Å². The van der Waals surface area contributed by atoms with Crippen LogP contribution in [-0.2, 0) is 11.3 Å². The van der Waals surface area contributed by atoms with E-state index in [1.165, 1.54) is 17.4 Å². The van der Waals surface area contributed by atoms with Gasteiger partial charge in [-0.1, -0.05) is 13.3 Å². The Kier molecular flexibility index (Phi) is 3.00. The first-order chi connectivity index (χ1) is 9.09.